The van der Waals surface area contributed by atoms with Gasteiger partial charge in [0, 0.05) is 5.33 Å². The van der Waals surface area contributed by atoms with Crippen molar-refractivity contribution >= 4 is 37.5 Å². The second-order valence-corrected chi connectivity index (χ2v) is 7.50. The van der Waals surface area contributed by atoms with Gasteiger partial charge in [0.2, 0.25) is 0 Å². The molecule has 3 aromatic carbocycles. The second-order valence-electron chi connectivity index (χ2n) is 6.85. The van der Waals surface area contributed by atoms with Crippen molar-refractivity contribution in [3.63, 3.8) is 0 Å². The van der Waals surface area contributed by atoms with E-state index < -0.39 is 0 Å². The minimum Gasteiger partial charge on any atom is -0.497 e. The molecule has 1 aliphatic heterocycles. The molecule has 0 aromatic heterocycles. The van der Waals surface area contributed by atoms with Crippen molar-refractivity contribution < 1.29 is 4.74 Å². The van der Waals surface area contributed by atoms with Gasteiger partial charge in [-0.25, -0.2) is 0 Å². The number of hydrogen-bond donors (Lipinski definition) is 0. The molecule has 1 atom stereocenters. The van der Waals surface area contributed by atoms with E-state index in [0.29, 0.717) is 5.92 Å². The van der Waals surface area contributed by atoms with Crippen molar-refractivity contribution in [1.29, 1.82) is 0 Å². The largest absolute Gasteiger partial charge is 0.497 e. The Morgan fingerprint density at radius 3 is 2.54 bits per heavy atom. The molecule has 26 heavy (non-hydrogen) atoms. The van der Waals surface area contributed by atoms with E-state index in [0.717, 1.165) is 11.9 Å². The van der Waals surface area contributed by atoms with E-state index in [2.05, 4.69) is 64.5 Å². The van der Waals surface area contributed by atoms with E-state index in [1.54, 1.807) is 17.4 Å². The van der Waals surface area contributed by atoms with Crippen LogP contribution in [0, 0.1) is 0 Å². The van der Waals surface area contributed by atoms with Crippen LogP contribution in [0.4, 0.5) is 0 Å². The second kappa shape index (κ2) is 8.09. The standard InChI is InChI=1S/C19H17Br.C5H6O/c20-12-15-6-3-5-14-9-10-17-16-7-2-1-4-13(16)8-11-18(17)19(14)15;1-2-4-6-5-3-1/h1-2,4,7-11,15H,3,5-6,12H2;1-4H,5H2. The Bertz CT molecular complexity index is 959. The maximum absolute atomic E-state index is 4.80. The molecular formula is C24H23BrO. The molecule has 0 spiro atoms. The monoisotopic (exact) mass is 406 g/mol. The summed E-state index contributed by atoms with van der Waals surface area (Å²) in [5.41, 5.74) is 3.15. The summed E-state index contributed by atoms with van der Waals surface area (Å²) in [4.78, 5) is 0. The molecule has 0 bridgehead atoms. The summed E-state index contributed by atoms with van der Waals surface area (Å²) >= 11 is 3.72. The summed E-state index contributed by atoms with van der Waals surface area (Å²) in [6.07, 6.45) is 11.3. The third kappa shape index (κ3) is 3.43. The van der Waals surface area contributed by atoms with Crippen LogP contribution in [0.5, 0.6) is 0 Å². The summed E-state index contributed by atoms with van der Waals surface area (Å²) < 4.78 is 4.80. The lowest BCUT2D eigenvalue weighted by molar-refractivity contribution is 0.286. The first-order valence-corrected chi connectivity index (χ1v) is 10.4. The van der Waals surface area contributed by atoms with Crippen LogP contribution >= 0.6 is 15.9 Å². The number of aryl methyl sites for hydroxylation is 1. The summed E-state index contributed by atoms with van der Waals surface area (Å²) in [5.74, 6) is 0.670. The molecule has 0 saturated carbocycles. The fourth-order valence-electron chi connectivity index (χ4n) is 4.04. The van der Waals surface area contributed by atoms with Gasteiger partial charge < -0.3 is 4.74 Å². The smallest absolute Gasteiger partial charge is 0.106 e. The van der Waals surface area contributed by atoms with Crippen LogP contribution in [-0.4, -0.2) is 11.9 Å². The molecule has 5 rings (SSSR count). The van der Waals surface area contributed by atoms with Crippen LogP contribution in [-0.2, 0) is 11.2 Å². The number of benzene rings is 3. The van der Waals surface area contributed by atoms with Gasteiger partial charge in [-0.15, -0.1) is 0 Å². The van der Waals surface area contributed by atoms with Gasteiger partial charge in [-0.05, 0) is 70.0 Å². The number of halogens is 1. The van der Waals surface area contributed by atoms with E-state index >= 15 is 0 Å². The van der Waals surface area contributed by atoms with Crippen molar-refractivity contribution in [2.45, 2.75) is 25.2 Å². The van der Waals surface area contributed by atoms with Crippen LogP contribution in [0.3, 0.4) is 0 Å². The van der Waals surface area contributed by atoms with Gasteiger partial charge in [0.05, 0.1) is 6.26 Å². The number of alkyl halides is 1. The molecule has 132 valence electrons. The Hall–Kier alpha value is -2.06. The molecule has 2 heteroatoms. The number of ether oxygens (including phenoxy) is 1. The lowest BCUT2D eigenvalue weighted by Crippen LogP contribution is -2.11. The molecule has 0 N–H and O–H groups in total. The Morgan fingerprint density at radius 1 is 0.923 bits per heavy atom. The number of hydrogen-bond acceptors (Lipinski definition) is 1. The molecule has 1 nitrogen and oxygen atoms in total. The average molecular weight is 407 g/mol. The quantitative estimate of drug-likeness (QED) is 0.315. The van der Waals surface area contributed by atoms with Crippen molar-refractivity contribution in [1.82, 2.24) is 0 Å². The minimum atomic E-state index is 0.670. The molecule has 0 fully saturated rings. The molecule has 1 heterocycles. The van der Waals surface area contributed by atoms with Crippen LogP contribution in [0.15, 0.2) is 73.0 Å². The topological polar surface area (TPSA) is 9.23 Å². The normalized spacial score (nSPS) is 18.1. The SMILES string of the molecule is BrCC1CCCc2ccc3c(ccc4ccccc43)c21.C1=CCOC=C1. The Morgan fingerprint density at radius 2 is 1.81 bits per heavy atom. The zero-order valence-corrected chi connectivity index (χ0v) is 16.4. The molecule has 1 unspecified atom stereocenters. The highest BCUT2D eigenvalue weighted by molar-refractivity contribution is 9.09. The van der Waals surface area contributed by atoms with Crippen LogP contribution in [0.25, 0.3) is 21.5 Å². The zero-order chi connectivity index (χ0) is 17.8. The fraction of sp³-hybridized carbons (Fsp3) is 0.250. The first kappa shape index (κ1) is 17.4. The Labute approximate surface area is 163 Å². The predicted molar refractivity (Wildman–Crippen MR) is 115 cm³/mol. The van der Waals surface area contributed by atoms with Crippen LogP contribution in [0.1, 0.15) is 29.9 Å². The van der Waals surface area contributed by atoms with Crippen molar-refractivity contribution in [2.75, 3.05) is 11.9 Å². The van der Waals surface area contributed by atoms with Gasteiger partial charge in [-0.2, -0.15) is 0 Å². The number of fused-ring (bicyclic) bond motifs is 5. The van der Waals surface area contributed by atoms with E-state index in [4.69, 9.17) is 4.74 Å². The summed E-state index contributed by atoms with van der Waals surface area (Å²) in [6, 6.07) is 18.0. The van der Waals surface area contributed by atoms with Gasteiger partial charge >= 0.3 is 0 Å². The summed E-state index contributed by atoms with van der Waals surface area (Å²) in [7, 11) is 0. The van der Waals surface area contributed by atoms with Gasteiger partial charge in [0.1, 0.15) is 6.61 Å². The minimum absolute atomic E-state index is 0.670. The van der Waals surface area contributed by atoms with E-state index in [9.17, 15) is 0 Å². The van der Waals surface area contributed by atoms with Crippen molar-refractivity contribution in [3.8, 4) is 0 Å². The Balaban J connectivity index is 0.000000240. The number of rotatable bonds is 1. The van der Waals surface area contributed by atoms with Crippen LogP contribution in [0.2, 0.25) is 0 Å². The average Bonchev–Trinajstić information content (AvgIpc) is 2.74. The molecule has 3 aromatic rings. The molecule has 2 aliphatic rings. The van der Waals surface area contributed by atoms with E-state index in [-0.39, 0.29) is 0 Å². The van der Waals surface area contributed by atoms with Gasteiger partial charge in [-0.1, -0.05) is 70.5 Å². The van der Waals surface area contributed by atoms with Gasteiger partial charge in [0.15, 0.2) is 0 Å². The highest BCUT2D eigenvalue weighted by atomic mass is 79.9. The zero-order valence-electron chi connectivity index (χ0n) is 14.8. The third-order valence-corrected chi connectivity index (χ3v) is 6.05. The highest BCUT2D eigenvalue weighted by Crippen LogP contribution is 2.39. The molecule has 1 aliphatic carbocycles. The molecule has 0 radical (unpaired) electrons. The van der Waals surface area contributed by atoms with Gasteiger partial charge in [-0.3, -0.25) is 0 Å². The maximum atomic E-state index is 4.80. The first-order valence-electron chi connectivity index (χ1n) is 9.31. The van der Waals surface area contributed by atoms with Crippen molar-refractivity contribution in [2.24, 2.45) is 0 Å². The van der Waals surface area contributed by atoms with Crippen LogP contribution < -0.4 is 0 Å². The molecular weight excluding hydrogens is 384 g/mol. The summed E-state index contributed by atoms with van der Waals surface area (Å²) in [6.45, 7) is 0.733. The lowest BCUT2D eigenvalue weighted by Gasteiger charge is -2.26. The first-order chi connectivity index (χ1) is 12.9. The van der Waals surface area contributed by atoms with Crippen molar-refractivity contribution in [3.05, 3.63) is 84.1 Å². The maximum Gasteiger partial charge on any atom is 0.106 e. The van der Waals surface area contributed by atoms with Gasteiger partial charge in [0.25, 0.3) is 0 Å². The third-order valence-electron chi connectivity index (χ3n) is 5.27. The fourth-order valence-corrected chi connectivity index (χ4v) is 4.69. The highest BCUT2D eigenvalue weighted by Gasteiger charge is 2.21. The molecule has 0 amide bonds. The Kier molecular flexibility index (Phi) is 5.40. The molecule has 0 saturated heterocycles. The summed E-state index contributed by atoms with van der Waals surface area (Å²) in [5, 5.41) is 6.67. The predicted octanol–water partition coefficient (Wildman–Crippen LogP) is 6.89. The van der Waals surface area contributed by atoms with E-state index in [1.165, 1.54) is 40.8 Å². The number of allylic oxidation sites excluding steroid dienone is 2. The lowest BCUT2D eigenvalue weighted by atomic mass is 9.80. The van der Waals surface area contributed by atoms with E-state index in [1.807, 2.05) is 18.2 Å².